The van der Waals surface area contributed by atoms with Crippen LogP contribution in [0.25, 0.3) is 0 Å². The van der Waals surface area contributed by atoms with Gasteiger partial charge in [-0.1, -0.05) is 13.8 Å². The van der Waals surface area contributed by atoms with Crippen LogP contribution in [0, 0.1) is 0 Å². The molecule has 78 valence electrons. The molecular weight excluding hydrogens is 186 g/mol. The Balaban J connectivity index is 4.16. The third kappa shape index (κ3) is 6.75. The molecule has 0 saturated carbocycles. The first-order valence-electron chi connectivity index (χ1n) is 4.29. The van der Waals surface area contributed by atoms with Gasteiger partial charge in [-0.05, 0) is 13.8 Å². The van der Waals surface area contributed by atoms with E-state index in [2.05, 4.69) is 17.9 Å². The first-order chi connectivity index (χ1) is 5.66. The molecule has 1 N–H and O–H groups in total. The number of nitrogens with one attached hydrogen (secondary N) is 1. The van der Waals surface area contributed by atoms with Crippen LogP contribution in [0.5, 0.6) is 0 Å². The lowest BCUT2D eigenvalue weighted by Gasteiger charge is -2.31. The highest BCUT2D eigenvalue weighted by Gasteiger charge is 2.29. The molecule has 0 rings (SSSR count). The molecule has 0 bridgehead atoms. The van der Waals surface area contributed by atoms with Crippen molar-refractivity contribution in [2.75, 3.05) is 7.05 Å². The van der Waals surface area contributed by atoms with Crippen LogP contribution in [-0.4, -0.2) is 23.5 Å². The predicted molar refractivity (Wildman–Crippen MR) is 57.3 cm³/mol. The number of hydrogen-bond donors (Lipinski definition) is 2. The van der Waals surface area contributed by atoms with Crippen LogP contribution in [-0.2, 0) is 4.74 Å². The van der Waals surface area contributed by atoms with Gasteiger partial charge in [0.2, 0.25) is 0 Å². The summed E-state index contributed by atoms with van der Waals surface area (Å²) in [4.78, 5) is 11.0. The van der Waals surface area contributed by atoms with E-state index in [0.29, 0.717) is 6.42 Å². The van der Waals surface area contributed by atoms with Gasteiger partial charge in [0.15, 0.2) is 0 Å². The minimum absolute atomic E-state index is 0.141. The lowest BCUT2D eigenvalue weighted by Crippen LogP contribution is -2.37. The summed E-state index contributed by atoms with van der Waals surface area (Å²) in [5.41, 5.74) is -0.481. The summed E-state index contributed by atoms with van der Waals surface area (Å²) in [5, 5.41) is 2.42. The number of ether oxygens (including phenoxy) is 1. The first kappa shape index (κ1) is 12.6. The Morgan fingerprint density at radius 2 is 1.85 bits per heavy atom. The Bertz CT molecular complexity index is 185. The van der Waals surface area contributed by atoms with Crippen LogP contribution in [0.3, 0.4) is 0 Å². The molecule has 0 aliphatic rings. The standard InChI is InChI=1S/C9H19NO2S/c1-8(2,6-9(3,4)13)12-7(11)10-5/h13H,6H2,1-5H3,(H,10,11). The molecule has 0 aromatic rings. The van der Waals surface area contributed by atoms with Crippen molar-refractivity contribution in [3.8, 4) is 0 Å². The number of alkyl carbamates (subject to hydrolysis) is 1. The maximum Gasteiger partial charge on any atom is 0.407 e. The Morgan fingerprint density at radius 1 is 1.38 bits per heavy atom. The van der Waals surface area contributed by atoms with Gasteiger partial charge in [-0.25, -0.2) is 4.79 Å². The van der Waals surface area contributed by atoms with E-state index in [9.17, 15) is 4.79 Å². The van der Waals surface area contributed by atoms with E-state index in [1.54, 1.807) is 7.05 Å². The van der Waals surface area contributed by atoms with Crippen LogP contribution in [0.15, 0.2) is 0 Å². The Morgan fingerprint density at radius 3 is 2.15 bits per heavy atom. The summed E-state index contributed by atoms with van der Waals surface area (Å²) in [6, 6.07) is 0. The number of hydrogen-bond acceptors (Lipinski definition) is 3. The first-order valence-corrected chi connectivity index (χ1v) is 4.74. The Labute approximate surface area is 85.6 Å². The maximum absolute atomic E-state index is 11.0. The third-order valence-corrected chi connectivity index (χ3v) is 1.59. The Hall–Kier alpha value is -0.380. The Kier molecular flexibility index (Phi) is 4.10. The van der Waals surface area contributed by atoms with Gasteiger partial charge in [-0.3, -0.25) is 0 Å². The van der Waals surface area contributed by atoms with Crippen molar-refractivity contribution in [3.63, 3.8) is 0 Å². The van der Waals surface area contributed by atoms with E-state index >= 15 is 0 Å². The number of thiol groups is 1. The molecule has 4 heteroatoms. The van der Waals surface area contributed by atoms with Crippen LogP contribution < -0.4 is 5.32 Å². The van der Waals surface area contributed by atoms with Crippen molar-refractivity contribution >= 4 is 18.7 Å². The van der Waals surface area contributed by atoms with Crippen LogP contribution in [0.4, 0.5) is 4.79 Å². The van der Waals surface area contributed by atoms with Gasteiger partial charge >= 0.3 is 6.09 Å². The summed E-state index contributed by atoms with van der Waals surface area (Å²) in [7, 11) is 1.55. The van der Waals surface area contributed by atoms with Crippen LogP contribution >= 0.6 is 12.6 Å². The summed E-state index contributed by atoms with van der Waals surface area (Å²) in [5.74, 6) is 0. The fourth-order valence-corrected chi connectivity index (χ4v) is 1.76. The van der Waals surface area contributed by atoms with Gasteiger partial charge in [0.1, 0.15) is 5.60 Å². The fourth-order valence-electron chi connectivity index (χ4n) is 1.38. The summed E-state index contributed by atoms with van der Waals surface area (Å²) < 4.78 is 5.02. The summed E-state index contributed by atoms with van der Waals surface area (Å²) >= 11 is 4.39. The van der Waals surface area contributed by atoms with Gasteiger partial charge in [0, 0.05) is 18.2 Å². The monoisotopic (exact) mass is 205 g/mol. The predicted octanol–water partition coefficient (Wildman–Crippen LogP) is 2.22. The molecular formula is C9H19NO2S. The second kappa shape index (κ2) is 4.22. The molecule has 0 aromatic carbocycles. The largest absolute Gasteiger partial charge is 0.443 e. The average Bonchev–Trinajstić information content (AvgIpc) is 1.80. The van der Waals surface area contributed by atoms with Crippen molar-refractivity contribution in [1.82, 2.24) is 5.32 Å². The highest BCUT2D eigenvalue weighted by Crippen LogP contribution is 2.27. The van der Waals surface area contributed by atoms with Crippen molar-refractivity contribution in [2.24, 2.45) is 0 Å². The quantitative estimate of drug-likeness (QED) is 0.693. The minimum atomic E-state index is -0.481. The second-order valence-corrected chi connectivity index (χ2v) is 5.60. The van der Waals surface area contributed by atoms with Crippen molar-refractivity contribution in [3.05, 3.63) is 0 Å². The number of amides is 1. The van der Waals surface area contributed by atoms with Crippen LogP contribution in [0.1, 0.15) is 34.1 Å². The van der Waals surface area contributed by atoms with Gasteiger partial charge in [0.25, 0.3) is 0 Å². The molecule has 1 amide bonds. The number of rotatable bonds is 3. The molecule has 13 heavy (non-hydrogen) atoms. The zero-order valence-corrected chi connectivity index (χ0v) is 9.87. The minimum Gasteiger partial charge on any atom is -0.443 e. The summed E-state index contributed by atoms with van der Waals surface area (Å²) in [6.07, 6.45) is 0.305. The molecule has 0 atom stereocenters. The molecule has 0 fully saturated rings. The van der Waals surface area contributed by atoms with Crippen molar-refractivity contribution < 1.29 is 9.53 Å². The van der Waals surface area contributed by atoms with E-state index in [1.165, 1.54) is 0 Å². The highest BCUT2D eigenvalue weighted by molar-refractivity contribution is 7.81. The lowest BCUT2D eigenvalue weighted by molar-refractivity contribution is 0.0289. The van der Waals surface area contributed by atoms with E-state index in [1.807, 2.05) is 27.7 Å². The number of carbonyl (C=O) groups is 1. The highest BCUT2D eigenvalue weighted by atomic mass is 32.1. The van der Waals surface area contributed by atoms with Crippen molar-refractivity contribution in [2.45, 2.75) is 44.5 Å². The van der Waals surface area contributed by atoms with Crippen molar-refractivity contribution in [1.29, 1.82) is 0 Å². The van der Waals surface area contributed by atoms with Gasteiger partial charge in [0.05, 0.1) is 0 Å². The molecule has 0 heterocycles. The molecule has 0 aliphatic carbocycles. The molecule has 0 spiro atoms. The van der Waals surface area contributed by atoms with E-state index in [0.717, 1.165) is 0 Å². The average molecular weight is 205 g/mol. The van der Waals surface area contributed by atoms with E-state index < -0.39 is 11.7 Å². The van der Waals surface area contributed by atoms with Crippen LogP contribution in [0.2, 0.25) is 0 Å². The third-order valence-electron chi connectivity index (χ3n) is 1.43. The normalized spacial score (nSPS) is 12.5. The second-order valence-electron chi connectivity index (χ2n) is 4.39. The fraction of sp³-hybridized carbons (Fsp3) is 0.889. The van der Waals surface area contributed by atoms with Gasteiger partial charge in [-0.2, -0.15) is 12.6 Å². The SMILES string of the molecule is CNC(=O)OC(C)(C)CC(C)(C)S. The molecule has 0 unspecified atom stereocenters. The number of carbonyl (C=O) groups excluding carboxylic acids is 1. The van der Waals surface area contributed by atoms with Gasteiger partial charge in [-0.15, -0.1) is 0 Å². The smallest absolute Gasteiger partial charge is 0.407 e. The molecule has 3 nitrogen and oxygen atoms in total. The molecule has 0 radical (unpaired) electrons. The maximum atomic E-state index is 11.0. The topological polar surface area (TPSA) is 38.3 Å². The molecule has 0 aromatic heterocycles. The van der Waals surface area contributed by atoms with Gasteiger partial charge < -0.3 is 10.1 Å². The van der Waals surface area contributed by atoms with E-state index in [4.69, 9.17) is 4.74 Å². The molecule has 0 saturated heterocycles. The lowest BCUT2D eigenvalue weighted by atomic mass is 9.95. The molecule has 0 aliphatic heterocycles. The zero-order chi connectivity index (χ0) is 10.7. The zero-order valence-electron chi connectivity index (χ0n) is 8.97. The summed E-state index contributed by atoms with van der Waals surface area (Å²) in [6.45, 7) is 7.73. The van der Waals surface area contributed by atoms with E-state index in [-0.39, 0.29) is 4.75 Å².